The first kappa shape index (κ1) is 17.5. The maximum absolute atomic E-state index is 12.7. The third-order valence-electron chi connectivity index (χ3n) is 5.09. The van der Waals surface area contributed by atoms with Gasteiger partial charge in [-0.1, -0.05) is 35.4 Å². The summed E-state index contributed by atoms with van der Waals surface area (Å²) in [5.74, 6) is 0.253. The molecule has 2 aromatic rings. The number of nitrogens with one attached hydrogen (secondary N) is 1. The lowest BCUT2D eigenvalue weighted by Gasteiger charge is -2.19. The molecule has 2 heterocycles. The summed E-state index contributed by atoms with van der Waals surface area (Å²) >= 11 is 5.82. The van der Waals surface area contributed by atoms with Gasteiger partial charge in [-0.25, -0.2) is 13.4 Å². The molecule has 0 bridgehead atoms. The Balaban J connectivity index is 1.40. The van der Waals surface area contributed by atoms with Crippen molar-refractivity contribution in [3.63, 3.8) is 0 Å². The highest BCUT2D eigenvalue weighted by molar-refractivity contribution is 7.89. The second-order valence-corrected chi connectivity index (χ2v) is 9.15. The summed E-state index contributed by atoms with van der Waals surface area (Å²) in [5.41, 5.74) is 1.01. The van der Waals surface area contributed by atoms with E-state index in [1.165, 1.54) is 4.31 Å². The van der Waals surface area contributed by atoms with E-state index in [0.29, 0.717) is 29.0 Å². The molecule has 8 heteroatoms. The van der Waals surface area contributed by atoms with Crippen LogP contribution in [0.3, 0.4) is 0 Å². The lowest BCUT2D eigenvalue weighted by Crippen LogP contribution is -2.33. The van der Waals surface area contributed by atoms with Crippen molar-refractivity contribution in [3.8, 4) is 0 Å². The number of anilines is 1. The Labute approximate surface area is 157 Å². The van der Waals surface area contributed by atoms with Crippen molar-refractivity contribution in [3.05, 3.63) is 53.2 Å². The molecule has 4 rings (SSSR count). The molecule has 0 spiro atoms. The van der Waals surface area contributed by atoms with Gasteiger partial charge in [-0.3, -0.25) is 4.79 Å². The van der Waals surface area contributed by atoms with Gasteiger partial charge in [0, 0.05) is 19.0 Å². The summed E-state index contributed by atoms with van der Waals surface area (Å²) in [6.07, 6.45) is 0. The molecule has 2 aliphatic rings. The van der Waals surface area contributed by atoms with E-state index in [4.69, 9.17) is 11.6 Å². The molecular formula is C18H18ClN3O3S. The molecule has 1 unspecified atom stereocenters. The molecule has 1 aliphatic heterocycles. The van der Waals surface area contributed by atoms with Crippen molar-refractivity contribution in [1.82, 2.24) is 9.29 Å². The van der Waals surface area contributed by atoms with E-state index >= 15 is 0 Å². The Morgan fingerprint density at radius 1 is 1.15 bits per heavy atom. The number of fused-ring (bicyclic) bond motifs is 1. The number of rotatable bonds is 4. The zero-order chi connectivity index (χ0) is 18.5. The standard InChI is InChI=1S/C18H18ClN3O3S/c1-11-5-7-12(8-6-11)26(24,25)22-9-13-14(10-22)17(13)18(23)21-16-4-2-3-15(19)20-16/h2-8,13-14,17H,9-10H2,1H3,(H,20,21,23)/t13-,14+,17?. The largest absolute Gasteiger partial charge is 0.310 e. The number of hydrogen-bond acceptors (Lipinski definition) is 4. The molecule has 6 nitrogen and oxygen atoms in total. The fourth-order valence-electron chi connectivity index (χ4n) is 3.62. The van der Waals surface area contributed by atoms with Crippen molar-refractivity contribution in [2.45, 2.75) is 11.8 Å². The van der Waals surface area contributed by atoms with Crippen LogP contribution in [0.4, 0.5) is 5.82 Å². The first-order chi connectivity index (χ1) is 12.4. The topological polar surface area (TPSA) is 79.4 Å². The van der Waals surface area contributed by atoms with Gasteiger partial charge in [-0.05, 0) is 43.0 Å². The first-order valence-electron chi connectivity index (χ1n) is 8.36. The maximum Gasteiger partial charge on any atom is 0.243 e. The number of sulfonamides is 1. The minimum atomic E-state index is -3.50. The smallest absolute Gasteiger partial charge is 0.243 e. The van der Waals surface area contributed by atoms with Crippen LogP contribution in [0.15, 0.2) is 47.4 Å². The van der Waals surface area contributed by atoms with Gasteiger partial charge in [-0.15, -0.1) is 0 Å². The van der Waals surface area contributed by atoms with E-state index in [0.717, 1.165) is 5.56 Å². The van der Waals surface area contributed by atoms with Gasteiger partial charge in [-0.2, -0.15) is 4.31 Å². The molecule has 1 saturated heterocycles. The number of hydrogen-bond donors (Lipinski definition) is 1. The minimum absolute atomic E-state index is 0.0643. The molecule has 1 saturated carbocycles. The van der Waals surface area contributed by atoms with Crippen LogP contribution in [0.5, 0.6) is 0 Å². The van der Waals surface area contributed by atoms with Gasteiger partial charge in [0.2, 0.25) is 15.9 Å². The number of halogens is 1. The number of amides is 1. The van der Waals surface area contributed by atoms with Gasteiger partial charge >= 0.3 is 0 Å². The molecule has 1 aromatic heterocycles. The maximum atomic E-state index is 12.7. The number of piperidine rings is 1. The molecule has 1 aromatic carbocycles. The predicted molar refractivity (Wildman–Crippen MR) is 98.3 cm³/mol. The van der Waals surface area contributed by atoms with Crippen molar-refractivity contribution < 1.29 is 13.2 Å². The summed E-state index contributed by atoms with van der Waals surface area (Å²) in [6, 6.07) is 11.9. The predicted octanol–water partition coefficient (Wildman–Crippen LogP) is 2.55. The lowest BCUT2D eigenvalue weighted by atomic mass is 10.2. The van der Waals surface area contributed by atoms with Gasteiger partial charge in [0.05, 0.1) is 4.90 Å². The Morgan fingerprint density at radius 3 is 2.42 bits per heavy atom. The third kappa shape index (κ3) is 3.11. The molecular weight excluding hydrogens is 374 g/mol. The lowest BCUT2D eigenvalue weighted by molar-refractivity contribution is -0.118. The zero-order valence-electron chi connectivity index (χ0n) is 14.1. The van der Waals surface area contributed by atoms with E-state index < -0.39 is 10.0 Å². The molecule has 3 atom stereocenters. The van der Waals surface area contributed by atoms with Gasteiger partial charge < -0.3 is 5.32 Å². The van der Waals surface area contributed by atoms with Crippen LogP contribution in [-0.4, -0.2) is 36.7 Å². The first-order valence-corrected chi connectivity index (χ1v) is 10.2. The van der Waals surface area contributed by atoms with Crippen LogP contribution >= 0.6 is 11.6 Å². The number of carbonyl (C=O) groups is 1. The number of benzene rings is 1. The molecule has 1 amide bonds. The Kier molecular flexibility index (Phi) is 4.25. The van der Waals surface area contributed by atoms with Crippen LogP contribution in [0.25, 0.3) is 0 Å². The molecule has 1 N–H and O–H groups in total. The van der Waals surface area contributed by atoms with E-state index in [9.17, 15) is 13.2 Å². The van der Waals surface area contributed by atoms with E-state index in [2.05, 4.69) is 10.3 Å². The highest BCUT2D eigenvalue weighted by Gasteiger charge is 2.61. The van der Waals surface area contributed by atoms with Crippen LogP contribution in [-0.2, 0) is 14.8 Å². The fraction of sp³-hybridized carbons (Fsp3) is 0.333. The quantitative estimate of drug-likeness (QED) is 0.812. The highest BCUT2D eigenvalue weighted by atomic mass is 35.5. The molecule has 0 radical (unpaired) electrons. The third-order valence-corrected chi connectivity index (χ3v) is 7.14. The number of nitrogens with zero attached hydrogens (tertiary/aromatic N) is 2. The van der Waals surface area contributed by atoms with E-state index in [-0.39, 0.29) is 23.7 Å². The van der Waals surface area contributed by atoms with Crippen LogP contribution in [0.2, 0.25) is 5.15 Å². The van der Waals surface area contributed by atoms with Gasteiger partial charge in [0.15, 0.2) is 0 Å². The van der Waals surface area contributed by atoms with Gasteiger partial charge in [0.25, 0.3) is 0 Å². The number of aryl methyl sites for hydroxylation is 1. The Morgan fingerprint density at radius 2 is 1.81 bits per heavy atom. The molecule has 1 aliphatic carbocycles. The average molecular weight is 392 g/mol. The fourth-order valence-corrected chi connectivity index (χ4v) is 5.30. The number of aromatic nitrogens is 1. The summed E-state index contributed by atoms with van der Waals surface area (Å²) < 4.78 is 26.9. The average Bonchev–Trinajstić information content (AvgIpc) is 3.09. The molecule has 2 fully saturated rings. The van der Waals surface area contributed by atoms with Crippen molar-refractivity contribution in [1.29, 1.82) is 0 Å². The van der Waals surface area contributed by atoms with Crippen LogP contribution in [0, 0.1) is 24.7 Å². The number of carbonyl (C=O) groups excluding carboxylic acids is 1. The SMILES string of the molecule is Cc1ccc(S(=O)(=O)N2C[C@@H]3C(C(=O)Nc4cccc(Cl)n4)[C@@H]3C2)cc1. The summed E-state index contributed by atoms with van der Waals surface area (Å²) in [7, 11) is -3.50. The van der Waals surface area contributed by atoms with E-state index in [1.807, 2.05) is 6.92 Å². The normalized spacial score (nSPS) is 24.9. The zero-order valence-corrected chi connectivity index (χ0v) is 15.7. The van der Waals surface area contributed by atoms with Crippen molar-refractivity contribution >= 4 is 33.3 Å². The molecule has 136 valence electrons. The molecule has 26 heavy (non-hydrogen) atoms. The van der Waals surface area contributed by atoms with Crippen molar-refractivity contribution in [2.75, 3.05) is 18.4 Å². The monoisotopic (exact) mass is 391 g/mol. The highest BCUT2D eigenvalue weighted by Crippen LogP contribution is 2.53. The Bertz CT molecular complexity index is 950. The van der Waals surface area contributed by atoms with Gasteiger partial charge in [0.1, 0.15) is 11.0 Å². The second-order valence-electron chi connectivity index (χ2n) is 6.82. The van der Waals surface area contributed by atoms with E-state index in [1.54, 1.807) is 42.5 Å². The second kappa shape index (κ2) is 6.33. The van der Waals surface area contributed by atoms with Crippen LogP contribution < -0.4 is 5.32 Å². The van der Waals surface area contributed by atoms with Crippen molar-refractivity contribution in [2.24, 2.45) is 17.8 Å². The summed E-state index contributed by atoms with van der Waals surface area (Å²) in [6.45, 7) is 2.67. The number of pyridine rings is 1. The summed E-state index contributed by atoms with van der Waals surface area (Å²) in [4.78, 5) is 16.7. The summed E-state index contributed by atoms with van der Waals surface area (Å²) in [5, 5.41) is 3.08. The minimum Gasteiger partial charge on any atom is -0.310 e. The van der Waals surface area contributed by atoms with Crippen LogP contribution in [0.1, 0.15) is 5.56 Å². The Hall–Kier alpha value is -1.96.